The van der Waals surface area contributed by atoms with Crippen LogP contribution in [0.4, 0.5) is 0 Å². The third kappa shape index (κ3) is 0.882. The molecule has 3 atom stereocenters. The smallest absolute Gasteiger partial charge is 0.0926 e. The average Bonchev–Trinajstić information content (AvgIpc) is 2.82. The number of aromatic nitrogens is 2. The summed E-state index contributed by atoms with van der Waals surface area (Å²) in [4.78, 5) is 7.88. The maximum absolute atomic E-state index is 4.57. The first-order valence-electron chi connectivity index (χ1n) is 6.18. The second-order valence-electron chi connectivity index (χ2n) is 5.38. The van der Waals surface area contributed by atoms with Crippen LogP contribution in [0.15, 0.2) is 6.33 Å². The molecule has 3 aliphatic rings. The average molecular weight is 203 g/mol. The molecule has 1 aromatic heterocycles. The molecule has 3 unspecified atom stereocenters. The van der Waals surface area contributed by atoms with E-state index in [9.17, 15) is 0 Å². The fourth-order valence-electron chi connectivity index (χ4n) is 4.20. The van der Waals surface area contributed by atoms with Gasteiger partial charge in [0.25, 0.3) is 0 Å². The quantitative estimate of drug-likeness (QED) is 0.672. The van der Waals surface area contributed by atoms with Crippen LogP contribution in [0, 0.1) is 11.8 Å². The highest BCUT2D eigenvalue weighted by Crippen LogP contribution is 2.59. The van der Waals surface area contributed by atoms with Gasteiger partial charge in [-0.1, -0.05) is 12.8 Å². The van der Waals surface area contributed by atoms with Crippen molar-refractivity contribution in [1.82, 2.24) is 15.3 Å². The number of H-pyrrole nitrogens is 1. The van der Waals surface area contributed by atoms with Crippen LogP contribution in [0.1, 0.15) is 37.1 Å². The van der Waals surface area contributed by atoms with Gasteiger partial charge in [-0.3, -0.25) is 0 Å². The Morgan fingerprint density at radius 3 is 3.33 bits per heavy atom. The lowest BCUT2D eigenvalue weighted by molar-refractivity contribution is 0.0157. The Kier molecular flexibility index (Phi) is 1.47. The van der Waals surface area contributed by atoms with Gasteiger partial charge in [-0.15, -0.1) is 0 Å². The fourth-order valence-corrected chi connectivity index (χ4v) is 4.20. The van der Waals surface area contributed by atoms with Crippen LogP contribution < -0.4 is 5.32 Å². The Balaban J connectivity index is 1.80. The molecular formula is C12H17N3. The molecule has 2 saturated carbocycles. The van der Waals surface area contributed by atoms with Crippen LogP contribution in [0.5, 0.6) is 0 Å². The van der Waals surface area contributed by atoms with Crippen molar-refractivity contribution in [2.45, 2.75) is 37.6 Å². The van der Waals surface area contributed by atoms with Crippen molar-refractivity contribution in [1.29, 1.82) is 0 Å². The first-order chi connectivity index (χ1) is 7.40. The van der Waals surface area contributed by atoms with Crippen molar-refractivity contribution < 1.29 is 0 Å². The summed E-state index contributed by atoms with van der Waals surface area (Å²) in [6.45, 7) is 1.12. The molecule has 3 heteroatoms. The van der Waals surface area contributed by atoms with E-state index < -0.39 is 0 Å². The van der Waals surface area contributed by atoms with Gasteiger partial charge in [0, 0.05) is 18.7 Å². The molecule has 0 amide bonds. The molecule has 0 radical (unpaired) electrons. The monoisotopic (exact) mass is 203 g/mol. The van der Waals surface area contributed by atoms with Crippen molar-refractivity contribution in [2.24, 2.45) is 11.8 Å². The number of rotatable bonds is 0. The highest BCUT2D eigenvalue weighted by atomic mass is 15.1. The SMILES string of the molecule is c1nc2c([nH]1)CCNC21CC2CCCC21. The molecule has 2 fully saturated rings. The Hall–Kier alpha value is -0.830. The van der Waals surface area contributed by atoms with E-state index in [4.69, 9.17) is 0 Å². The summed E-state index contributed by atoms with van der Waals surface area (Å²) in [6, 6.07) is 0. The first kappa shape index (κ1) is 8.34. The summed E-state index contributed by atoms with van der Waals surface area (Å²) >= 11 is 0. The van der Waals surface area contributed by atoms with Gasteiger partial charge >= 0.3 is 0 Å². The number of aromatic amines is 1. The number of fused-ring (bicyclic) bond motifs is 4. The molecule has 1 spiro atoms. The van der Waals surface area contributed by atoms with Crippen molar-refractivity contribution >= 4 is 0 Å². The Bertz CT molecular complexity index is 397. The maximum Gasteiger partial charge on any atom is 0.0926 e. The molecule has 0 bridgehead atoms. The lowest BCUT2D eigenvalue weighted by Crippen LogP contribution is -2.61. The maximum atomic E-state index is 4.57. The van der Waals surface area contributed by atoms with Gasteiger partial charge in [-0.05, 0) is 24.7 Å². The zero-order valence-corrected chi connectivity index (χ0v) is 8.92. The van der Waals surface area contributed by atoms with E-state index in [0.717, 1.165) is 24.8 Å². The van der Waals surface area contributed by atoms with E-state index in [1.54, 1.807) is 0 Å². The van der Waals surface area contributed by atoms with E-state index in [0.29, 0.717) is 0 Å². The number of hydrogen-bond donors (Lipinski definition) is 2. The minimum absolute atomic E-state index is 0.273. The standard InChI is InChI=1S/C12H17N3/c1-2-8-6-12(9(8)3-1)11-10(4-5-15-12)13-7-14-11/h7-9,15H,1-6H2,(H,13,14). The minimum atomic E-state index is 0.273. The molecule has 80 valence electrons. The van der Waals surface area contributed by atoms with Gasteiger partial charge in [0.15, 0.2) is 0 Å². The highest BCUT2D eigenvalue weighted by molar-refractivity contribution is 5.31. The summed E-state index contributed by atoms with van der Waals surface area (Å²) in [6.07, 6.45) is 8.61. The van der Waals surface area contributed by atoms with Crippen LogP contribution in [0.2, 0.25) is 0 Å². The molecule has 2 heterocycles. The van der Waals surface area contributed by atoms with Crippen molar-refractivity contribution in [3.8, 4) is 0 Å². The molecule has 4 rings (SSSR count). The summed E-state index contributed by atoms with van der Waals surface area (Å²) in [5.74, 6) is 1.86. The molecule has 0 aromatic carbocycles. The zero-order chi connectivity index (χ0) is 9.88. The predicted molar refractivity (Wildman–Crippen MR) is 57.4 cm³/mol. The molecule has 15 heavy (non-hydrogen) atoms. The van der Waals surface area contributed by atoms with Gasteiger partial charge in [-0.25, -0.2) is 4.98 Å². The third-order valence-corrected chi connectivity index (χ3v) is 4.83. The number of nitrogens with one attached hydrogen (secondary N) is 2. The topological polar surface area (TPSA) is 40.7 Å². The van der Waals surface area contributed by atoms with Crippen molar-refractivity contribution in [3.63, 3.8) is 0 Å². The number of imidazole rings is 1. The van der Waals surface area contributed by atoms with Gasteiger partial charge < -0.3 is 10.3 Å². The molecule has 0 saturated heterocycles. The normalized spacial score (nSPS) is 42.4. The highest BCUT2D eigenvalue weighted by Gasteiger charge is 2.58. The number of nitrogens with zero attached hydrogens (tertiary/aromatic N) is 1. The van der Waals surface area contributed by atoms with E-state index in [-0.39, 0.29) is 5.54 Å². The lowest BCUT2D eigenvalue weighted by Gasteiger charge is -2.54. The third-order valence-electron chi connectivity index (χ3n) is 4.83. The first-order valence-corrected chi connectivity index (χ1v) is 6.18. The van der Waals surface area contributed by atoms with Crippen LogP contribution in [0.3, 0.4) is 0 Å². The van der Waals surface area contributed by atoms with E-state index in [1.807, 2.05) is 6.33 Å². The van der Waals surface area contributed by atoms with E-state index >= 15 is 0 Å². The van der Waals surface area contributed by atoms with Crippen LogP contribution >= 0.6 is 0 Å². The molecular weight excluding hydrogens is 186 g/mol. The molecule has 3 nitrogen and oxygen atoms in total. The lowest BCUT2D eigenvalue weighted by atomic mass is 9.58. The zero-order valence-electron chi connectivity index (χ0n) is 8.92. The van der Waals surface area contributed by atoms with Gasteiger partial charge in [0.1, 0.15) is 0 Å². The second kappa shape index (κ2) is 2.64. The number of hydrogen-bond acceptors (Lipinski definition) is 2. The fraction of sp³-hybridized carbons (Fsp3) is 0.750. The summed E-state index contributed by atoms with van der Waals surface area (Å²) in [7, 11) is 0. The van der Waals surface area contributed by atoms with E-state index in [1.165, 1.54) is 37.1 Å². The van der Waals surface area contributed by atoms with Crippen molar-refractivity contribution in [2.75, 3.05) is 6.54 Å². The Morgan fingerprint density at radius 2 is 2.40 bits per heavy atom. The van der Waals surface area contributed by atoms with Gasteiger partial charge in [0.2, 0.25) is 0 Å². The van der Waals surface area contributed by atoms with Gasteiger partial charge in [0.05, 0.1) is 17.6 Å². The summed E-state index contributed by atoms with van der Waals surface area (Å²) < 4.78 is 0. The second-order valence-corrected chi connectivity index (χ2v) is 5.38. The molecule has 1 aromatic rings. The molecule has 2 N–H and O–H groups in total. The molecule has 1 aliphatic heterocycles. The Labute approximate surface area is 89.7 Å². The van der Waals surface area contributed by atoms with Gasteiger partial charge in [-0.2, -0.15) is 0 Å². The predicted octanol–water partition coefficient (Wildman–Crippen LogP) is 1.57. The Morgan fingerprint density at radius 1 is 1.40 bits per heavy atom. The summed E-state index contributed by atoms with van der Waals surface area (Å²) in [5, 5.41) is 3.76. The minimum Gasteiger partial charge on any atom is -0.348 e. The van der Waals surface area contributed by atoms with E-state index in [2.05, 4.69) is 15.3 Å². The van der Waals surface area contributed by atoms with Crippen LogP contribution in [-0.4, -0.2) is 16.5 Å². The summed E-state index contributed by atoms with van der Waals surface area (Å²) in [5.41, 5.74) is 3.00. The largest absolute Gasteiger partial charge is 0.348 e. The van der Waals surface area contributed by atoms with Crippen molar-refractivity contribution in [3.05, 3.63) is 17.7 Å². The van der Waals surface area contributed by atoms with Crippen LogP contribution in [-0.2, 0) is 12.0 Å². The molecule has 2 aliphatic carbocycles. The van der Waals surface area contributed by atoms with Crippen LogP contribution in [0.25, 0.3) is 0 Å².